The third-order valence-corrected chi connectivity index (χ3v) is 2.07. The summed E-state index contributed by atoms with van der Waals surface area (Å²) in [6, 6.07) is 8.14. The molecule has 0 spiro atoms. The fourth-order valence-corrected chi connectivity index (χ4v) is 1.47. The lowest BCUT2D eigenvalue weighted by molar-refractivity contribution is 0.363. The van der Waals surface area contributed by atoms with Crippen LogP contribution in [0.5, 0.6) is 5.75 Å². The number of alkyl halides is 1. The average molecular weight is 241 g/mol. The maximum atomic E-state index is 5.36. The van der Waals surface area contributed by atoms with E-state index in [4.69, 9.17) is 4.74 Å². The van der Waals surface area contributed by atoms with E-state index in [1.54, 1.807) is 6.08 Å². The van der Waals surface area contributed by atoms with Crippen LogP contribution in [-0.2, 0) is 6.42 Å². The van der Waals surface area contributed by atoms with Gasteiger partial charge in [-0.05, 0) is 24.1 Å². The Morgan fingerprint density at radius 2 is 2.00 bits per heavy atom. The highest BCUT2D eigenvalue weighted by Crippen LogP contribution is 2.12. The van der Waals surface area contributed by atoms with Gasteiger partial charge in [0.25, 0.3) is 0 Å². The van der Waals surface area contributed by atoms with Crippen molar-refractivity contribution in [3.8, 4) is 5.75 Å². The van der Waals surface area contributed by atoms with Crippen molar-refractivity contribution in [3.63, 3.8) is 0 Å². The Morgan fingerprint density at radius 1 is 1.31 bits per heavy atom. The standard InChI is InChI=1S/C11H13BrO/c1-2-9-13-11-5-3-10(4-6-11)7-8-12/h2-6H,1,7-9H2. The molecule has 0 heterocycles. The van der Waals surface area contributed by atoms with Gasteiger partial charge in [0.1, 0.15) is 12.4 Å². The first-order valence-corrected chi connectivity index (χ1v) is 5.37. The molecule has 13 heavy (non-hydrogen) atoms. The van der Waals surface area contributed by atoms with E-state index in [1.807, 2.05) is 12.1 Å². The van der Waals surface area contributed by atoms with Crippen LogP contribution in [0.3, 0.4) is 0 Å². The number of ether oxygens (including phenoxy) is 1. The molecule has 0 fully saturated rings. The van der Waals surface area contributed by atoms with Gasteiger partial charge >= 0.3 is 0 Å². The molecule has 0 radical (unpaired) electrons. The van der Waals surface area contributed by atoms with Crippen molar-refractivity contribution in [2.75, 3.05) is 11.9 Å². The first-order chi connectivity index (χ1) is 6.36. The lowest BCUT2D eigenvalue weighted by atomic mass is 10.2. The molecule has 0 aliphatic rings. The summed E-state index contributed by atoms with van der Waals surface area (Å²) in [7, 11) is 0. The summed E-state index contributed by atoms with van der Waals surface area (Å²) in [5, 5.41) is 1.000. The van der Waals surface area contributed by atoms with Crippen LogP contribution in [0.4, 0.5) is 0 Å². The second kappa shape index (κ2) is 5.81. The molecular formula is C11H13BrO. The van der Waals surface area contributed by atoms with Crippen LogP contribution in [0.2, 0.25) is 0 Å². The molecule has 0 saturated carbocycles. The molecule has 0 N–H and O–H groups in total. The van der Waals surface area contributed by atoms with Gasteiger partial charge < -0.3 is 4.74 Å². The van der Waals surface area contributed by atoms with Gasteiger partial charge in [0.15, 0.2) is 0 Å². The van der Waals surface area contributed by atoms with Crippen LogP contribution < -0.4 is 4.74 Å². The van der Waals surface area contributed by atoms with Gasteiger partial charge in [0.2, 0.25) is 0 Å². The smallest absolute Gasteiger partial charge is 0.119 e. The Morgan fingerprint density at radius 3 is 2.54 bits per heavy atom. The maximum Gasteiger partial charge on any atom is 0.119 e. The van der Waals surface area contributed by atoms with Crippen molar-refractivity contribution in [1.29, 1.82) is 0 Å². The number of hydrogen-bond donors (Lipinski definition) is 0. The molecule has 0 amide bonds. The largest absolute Gasteiger partial charge is 0.490 e. The van der Waals surface area contributed by atoms with Crippen LogP contribution in [0.1, 0.15) is 5.56 Å². The van der Waals surface area contributed by atoms with E-state index in [1.165, 1.54) is 5.56 Å². The highest BCUT2D eigenvalue weighted by atomic mass is 79.9. The molecule has 0 bridgehead atoms. The zero-order valence-electron chi connectivity index (χ0n) is 7.50. The second-order valence-corrected chi connectivity index (χ2v) is 3.48. The summed E-state index contributed by atoms with van der Waals surface area (Å²) in [6.07, 6.45) is 2.80. The normalized spacial score (nSPS) is 9.62. The first kappa shape index (κ1) is 10.3. The third kappa shape index (κ3) is 3.64. The zero-order valence-corrected chi connectivity index (χ0v) is 9.09. The van der Waals surface area contributed by atoms with Crippen LogP contribution in [0.15, 0.2) is 36.9 Å². The lowest BCUT2D eigenvalue weighted by Gasteiger charge is -2.03. The van der Waals surface area contributed by atoms with Crippen molar-refractivity contribution in [1.82, 2.24) is 0 Å². The molecule has 1 rings (SSSR count). The van der Waals surface area contributed by atoms with Crippen LogP contribution >= 0.6 is 15.9 Å². The van der Waals surface area contributed by atoms with Crippen molar-refractivity contribution in [3.05, 3.63) is 42.5 Å². The molecule has 0 unspecified atom stereocenters. The van der Waals surface area contributed by atoms with E-state index in [0.717, 1.165) is 17.5 Å². The van der Waals surface area contributed by atoms with Crippen molar-refractivity contribution >= 4 is 15.9 Å². The minimum Gasteiger partial charge on any atom is -0.490 e. The van der Waals surface area contributed by atoms with Crippen molar-refractivity contribution < 1.29 is 4.74 Å². The topological polar surface area (TPSA) is 9.23 Å². The van der Waals surface area contributed by atoms with Gasteiger partial charge in [-0.2, -0.15) is 0 Å². The Bertz CT molecular complexity index is 253. The van der Waals surface area contributed by atoms with Gasteiger partial charge in [0.05, 0.1) is 0 Å². The molecule has 1 nitrogen and oxygen atoms in total. The van der Waals surface area contributed by atoms with Crippen LogP contribution in [0, 0.1) is 0 Å². The summed E-state index contributed by atoms with van der Waals surface area (Å²) in [4.78, 5) is 0. The highest BCUT2D eigenvalue weighted by molar-refractivity contribution is 9.09. The fraction of sp³-hybridized carbons (Fsp3) is 0.273. The molecule has 1 aromatic carbocycles. The first-order valence-electron chi connectivity index (χ1n) is 4.25. The van der Waals surface area contributed by atoms with Crippen molar-refractivity contribution in [2.45, 2.75) is 6.42 Å². The quantitative estimate of drug-likeness (QED) is 0.568. The molecule has 0 aliphatic carbocycles. The average Bonchev–Trinajstić information content (AvgIpc) is 2.17. The SMILES string of the molecule is C=CCOc1ccc(CCBr)cc1. The Labute approximate surface area is 87.5 Å². The molecule has 1 aromatic rings. The molecule has 0 aliphatic heterocycles. The predicted octanol–water partition coefficient (Wildman–Crippen LogP) is 3.19. The van der Waals surface area contributed by atoms with E-state index in [-0.39, 0.29) is 0 Å². The van der Waals surface area contributed by atoms with Gasteiger partial charge in [-0.1, -0.05) is 40.7 Å². The Hall–Kier alpha value is -0.760. The summed E-state index contributed by atoms with van der Waals surface area (Å²) >= 11 is 3.40. The Balaban J connectivity index is 2.53. The van der Waals surface area contributed by atoms with E-state index in [0.29, 0.717) is 6.61 Å². The van der Waals surface area contributed by atoms with Gasteiger partial charge in [-0.15, -0.1) is 0 Å². The summed E-state index contributed by atoms with van der Waals surface area (Å²) < 4.78 is 5.36. The molecule has 2 heteroatoms. The summed E-state index contributed by atoms with van der Waals surface area (Å²) in [5.41, 5.74) is 1.32. The molecular weight excluding hydrogens is 228 g/mol. The zero-order chi connectivity index (χ0) is 9.52. The van der Waals surface area contributed by atoms with Gasteiger partial charge in [-0.3, -0.25) is 0 Å². The Kier molecular flexibility index (Phi) is 4.61. The molecule has 70 valence electrons. The summed E-state index contributed by atoms with van der Waals surface area (Å²) in [6.45, 7) is 4.16. The molecule has 0 atom stereocenters. The minimum absolute atomic E-state index is 0.567. The van der Waals surface area contributed by atoms with Crippen LogP contribution in [-0.4, -0.2) is 11.9 Å². The lowest BCUT2D eigenvalue weighted by Crippen LogP contribution is -1.93. The fourth-order valence-electron chi connectivity index (χ4n) is 1.02. The minimum atomic E-state index is 0.567. The number of rotatable bonds is 5. The number of hydrogen-bond acceptors (Lipinski definition) is 1. The number of aryl methyl sites for hydroxylation is 1. The van der Waals surface area contributed by atoms with Crippen LogP contribution in [0.25, 0.3) is 0 Å². The summed E-state index contributed by atoms with van der Waals surface area (Å²) in [5.74, 6) is 0.901. The monoisotopic (exact) mass is 240 g/mol. The molecule has 0 saturated heterocycles. The van der Waals surface area contributed by atoms with Gasteiger partial charge in [-0.25, -0.2) is 0 Å². The van der Waals surface area contributed by atoms with E-state index >= 15 is 0 Å². The van der Waals surface area contributed by atoms with Crippen molar-refractivity contribution in [2.24, 2.45) is 0 Å². The third-order valence-electron chi connectivity index (χ3n) is 1.67. The van der Waals surface area contributed by atoms with Gasteiger partial charge in [0, 0.05) is 5.33 Å². The maximum absolute atomic E-state index is 5.36. The van der Waals surface area contributed by atoms with E-state index in [9.17, 15) is 0 Å². The highest BCUT2D eigenvalue weighted by Gasteiger charge is 1.93. The predicted molar refractivity (Wildman–Crippen MR) is 59.6 cm³/mol. The number of halogens is 1. The number of benzene rings is 1. The van der Waals surface area contributed by atoms with E-state index < -0.39 is 0 Å². The second-order valence-electron chi connectivity index (χ2n) is 2.68. The molecule has 0 aromatic heterocycles. The van der Waals surface area contributed by atoms with E-state index in [2.05, 4.69) is 34.6 Å².